The Balaban J connectivity index is 2.04. The van der Waals surface area contributed by atoms with Crippen molar-refractivity contribution in [3.05, 3.63) is 71.3 Å². The van der Waals surface area contributed by atoms with Crippen LogP contribution in [0, 0.1) is 11.3 Å². The summed E-state index contributed by atoms with van der Waals surface area (Å²) >= 11 is 0. The number of hydrogen-bond acceptors (Lipinski definition) is 5. The summed E-state index contributed by atoms with van der Waals surface area (Å²) in [5, 5.41) is 8.93. The Morgan fingerprint density at radius 3 is 2.43 bits per heavy atom. The van der Waals surface area contributed by atoms with Crippen molar-refractivity contribution < 1.29 is 19.1 Å². The maximum atomic E-state index is 11.8. The number of carbonyl (C=O) groups excluding carboxylic acids is 2. The molecule has 0 saturated heterocycles. The van der Waals surface area contributed by atoms with Gasteiger partial charge in [0, 0.05) is 6.08 Å². The summed E-state index contributed by atoms with van der Waals surface area (Å²) < 4.78 is 9.72. The summed E-state index contributed by atoms with van der Waals surface area (Å²) in [5.41, 5.74) is 1.44. The summed E-state index contributed by atoms with van der Waals surface area (Å²) in [7, 11) is 1.31. The Labute approximate surface area is 133 Å². The van der Waals surface area contributed by atoms with E-state index < -0.39 is 11.9 Å². The minimum absolute atomic E-state index is 0.214. The van der Waals surface area contributed by atoms with Crippen LogP contribution in [0.25, 0.3) is 6.08 Å². The van der Waals surface area contributed by atoms with E-state index in [1.165, 1.54) is 13.2 Å². The largest absolute Gasteiger partial charge is 0.465 e. The van der Waals surface area contributed by atoms with Crippen molar-refractivity contribution in [3.8, 4) is 11.8 Å². The monoisotopic (exact) mass is 307 g/mol. The molecule has 0 amide bonds. The summed E-state index contributed by atoms with van der Waals surface area (Å²) in [5.74, 6) is -0.802. The van der Waals surface area contributed by atoms with Crippen molar-refractivity contribution in [1.82, 2.24) is 0 Å². The van der Waals surface area contributed by atoms with Crippen LogP contribution in [0.4, 0.5) is 0 Å². The normalized spacial score (nSPS) is 10.1. The molecule has 0 N–H and O–H groups in total. The number of ether oxygens (including phenoxy) is 2. The van der Waals surface area contributed by atoms with Gasteiger partial charge in [0.1, 0.15) is 11.8 Å². The molecule has 0 bridgehead atoms. The predicted molar refractivity (Wildman–Crippen MR) is 83.6 cm³/mol. The third kappa shape index (κ3) is 4.29. The maximum absolute atomic E-state index is 11.8. The fraction of sp³-hybridized carbons (Fsp3) is 0.0556. The van der Waals surface area contributed by atoms with Gasteiger partial charge < -0.3 is 9.47 Å². The van der Waals surface area contributed by atoms with Gasteiger partial charge in [-0.1, -0.05) is 24.3 Å². The lowest BCUT2D eigenvalue weighted by Crippen LogP contribution is -2.05. The van der Waals surface area contributed by atoms with Gasteiger partial charge in [0.2, 0.25) is 0 Å². The quantitative estimate of drug-likeness (QED) is 0.493. The van der Waals surface area contributed by atoms with Crippen molar-refractivity contribution >= 4 is 18.0 Å². The number of para-hydroxylation sites is 1. The first-order chi connectivity index (χ1) is 11.1. The van der Waals surface area contributed by atoms with Crippen molar-refractivity contribution in [2.45, 2.75) is 0 Å². The maximum Gasteiger partial charge on any atom is 0.337 e. The van der Waals surface area contributed by atoms with Crippen LogP contribution in [0.5, 0.6) is 5.75 Å². The number of methoxy groups -OCH3 is 1. The minimum atomic E-state index is -0.593. The van der Waals surface area contributed by atoms with Crippen LogP contribution in [-0.4, -0.2) is 19.0 Å². The molecule has 0 fully saturated rings. The summed E-state index contributed by atoms with van der Waals surface area (Å²) in [6.45, 7) is 0. The molecule has 2 rings (SSSR count). The van der Waals surface area contributed by atoms with Gasteiger partial charge in [-0.3, -0.25) is 0 Å². The Bertz CT molecular complexity index is 785. The predicted octanol–water partition coefficient (Wildman–Crippen LogP) is 2.96. The third-order valence-electron chi connectivity index (χ3n) is 2.96. The highest BCUT2D eigenvalue weighted by Crippen LogP contribution is 2.17. The number of nitriles is 1. The molecule has 0 spiro atoms. The topological polar surface area (TPSA) is 76.4 Å². The Kier molecular flexibility index (Phi) is 5.26. The van der Waals surface area contributed by atoms with Gasteiger partial charge in [-0.05, 0) is 35.9 Å². The lowest BCUT2D eigenvalue weighted by Gasteiger charge is -2.02. The molecule has 0 aromatic heterocycles. The first-order valence-electron chi connectivity index (χ1n) is 6.71. The number of hydrogen-bond donors (Lipinski definition) is 0. The zero-order valence-corrected chi connectivity index (χ0v) is 12.4. The molecule has 0 aliphatic carbocycles. The Morgan fingerprint density at radius 1 is 1.09 bits per heavy atom. The van der Waals surface area contributed by atoms with Gasteiger partial charge in [0.15, 0.2) is 0 Å². The summed E-state index contributed by atoms with van der Waals surface area (Å²) in [6, 6.07) is 15.0. The molecule has 0 aliphatic heterocycles. The second-order valence-electron chi connectivity index (χ2n) is 4.48. The van der Waals surface area contributed by atoms with Crippen LogP contribution in [-0.2, 0) is 9.53 Å². The van der Waals surface area contributed by atoms with Gasteiger partial charge in [0.05, 0.1) is 18.2 Å². The fourth-order valence-corrected chi connectivity index (χ4v) is 1.80. The van der Waals surface area contributed by atoms with Crippen molar-refractivity contribution in [2.24, 2.45) is 0 Å². The van der Waals surface area contributed by atoms with E-state index in [0.717, 1.165) is 5.56 Å². The van der Waals surface area contributed by atoms with Crippen molar-refractivity contribution in [2.75, 3.05) is 7.11 Å². The van der Waals surface area contributed by atoms with Gasteiger partial charge >= 0.3 is 11.9 Å². The van der Waals surface area contributed by atoms with Gasteiger partial charge in [-0.15, -0.1) is 0 Å². The van der Waals surface area contributed by atoms with Crippen LogP contribution in [0.15, 0.2) is 54.6 Å². The molecule has 0 unspecified atom stereocenters. The van der Waals surface area contributed by atoms with Crippen LogP contribution >= 0.6 is 0 Å². The number of carbonyl (C=O) groups is 2. The van der Waals surface area contributed by atoms with Crippen molar-refractivity contribution in [1.29, 1.82) is 5.26 Å². The average Bonchev–Trinajstić information content (AvgIpc) is 2.60. The molecule has 0 heterocycles. The first kappa shape index (κ1) is 16.0. The number of esters is 2. The van der Waals surface area contributed by atoms with Crippen molar-refractivity contribution in [3.63, 3.8) is 0 Å². The molecule has 2 aromatic carbocycles. The molecule has 0 atom stereocenters. The summed E-state index contributed by atoms with van der Waals surface area (Å²) in [4.78, 5) is 23.1. The molecule has 2 aromatic rings. The van der Waals surface area contributed by atoms with Gasteiger partial charge in [-0.2, -0.15) is 5.26 Å². The van der Waals surface area contributed by atoms with Crippen LogP contribution in [0.2, 0.25) is 0 Å². The summed E-state index contributed by atoms with van der Waals surface area (Å²) in [6.07, 6.45) is 2.81. The molecular weight excluding hydrogens is 294 g/mol. The standard InChI is InChI=1S/C18H13NO4/c1-22-18(21)14-9-6-13(7-10-14)8-11-17(20)23-16-5-3-2-4-15(16)12-19/h2-11H,1H3/b11-8+. The zero-order valence-electron chi connectivity index (χ0n) is 12.4. The highest BCUT2D eigenvalue weighted by molar-refractivity contribution is 5.91. The highest BCUT2D eigenvalue weighted by atomic mass is 16.5. The van der Waals surface area contributed by atoms with Crippen LogP contribution in [0.1, 0.15) is 21.5 Å². The van der Waals surface area contributed by atoms with Gasteiger partial charge in [0.25, 0.3) is 0 Å². The van der Waals surface area contributed by atoms with Crippen LogP contribution < -0.4 is 4.74 Å². The Morgan fingerprint density at radius 2 is 1.78 bits per heavy atom. The molecule has 0 saturated carbocycles. The highest BCUT2D eigenvalue weighted by Gasteiger charge is 2.06. The van der Waals surface area contributed by atoms with E-state index in [9.17, 15) is 9.59 Å². The molecule has 5 heteroatoms. The average molecular weight is 307 g/mol. The number of benzene rings is 2. The molecule has 114 valence electrons. The number of rotatable bonds is 4. The second kappa shape index (κ2) is 7.57. The smallest absolute Gasteiger partial charge is 0.337 e. The van der Waals surface area contributed by atoms with E-state index in [0.29, 0.717) is 5.56 Å². The lowest BCUT2D eigenvalue weighted by atomic mass is 10.1. The Hall–Kier alpha value is -3.39. The minimum Gasteiger partial charge on any atom is -0.465 e. The zero-order chi connectivity index (χ0) is 16.7. The SMILES string of the molecule is COC(=O)c1ccc(/C=C/C(=O)Oc2ccccc2C#N)cc1. The van der Waals surface area contributed by atoms with E-state index in [2.05, 4.69) is 4.74 Å². The fourth-order valence-electron chi connectivity index (χ4n) is 1.80. The van der Waals surface area contributed by atoms with E-state index >= 15 is 0 Å². The molecule has 23 heavy (non-hydrogen) atoms. The first-order valence-corrected chi connectivity index (χ1v) is 6.71. The number of nitrogens with zero attached hydrogens (tertiary/aromatic N) is 1. The van der Waals surface area contributed by atoms with E-state index in [-0.39, 0.29) is 11.3 Å². The third-order valence-corrected chi connectivity index (χ3v) is 2.96. The second-order valence-corrected chi connectivity index (χ2v) is 4.48. The molecule has 5 nitrogen and oxygen atoms in total. The van der Waals surface area contributed by atoms with Gasteiger partial charge in [-0.25, -0.2) is 9.59 Å². The van der Waals surface area contributed by atoms with E-state index in [1.54, 1.807) is 54.6 Å². The molecule has 0 aliphatic rings. The molecule has 0 radical (unpaired) electrons. The van der Waals surface area contributed by atoms with Crippen LogP contribution in [0.3, 0.4) is 0 Å². The van der Waals surface area contributed by atoms with E-state index in [4.69, 9.17) is 10.00 Å². The molecular formula is C18H13NO4. The lowest BCUT2D eigenvalue weighted by molar-refractivity contribution is -0.128. The van der Waals surface area contributed by atoms with E-state index in [1.807, 2.05) is 6.07 Å².